The van der Waals surface area contributed by atoms with Gasteiger partial charge >= 0.3 is 6.03 Å². The summed E-state index contributed by atoms with van der Waals surface area (Å²) in [6.45, 7) is 5.30. The van der Waals surface area contributed by atoms with E-state index >= 15 is 0 Å². The molecule has 0 spiro atoms. The first-order chi connectivity index (χ1) is 12.3. The first-order valence-electron chi connectivity index (χ1n) is 7.94. The lowest BCUT2D eigenvalue weighted by Gasteiger charge is -2.12. The summed E-state index contributed by atoms with van der Waals surface area (Å²) in [5.74, 6) is 0. The number of aromatic amines is 1. The van der Waals surface area contributed by atoms with Gasteiger partial charge in [0.25, 0.3) is 0 Å². The molecule has 2 heterocycles. The van der Waals surface area contributed by atoms with Crippen molar-refractivity contribution < 1.29 is 9.90 Å². The number of aliphatic hydroxyl groups is 1. The number of benzene rings is 1. The maximum Gasteiger partial charge on any atom is 0.352 e. The predicted octanol–water partition coefficient (Wildman–Crippen LogP) is 3.08. The average molecular weight is 393 g/mol. The van der Waals surface area contributed by atoms with Gasteiger partial charge in [0, 0.05) is 16.3 Å². The van der Waals surface area contributed by atoms with Gasteiger partial charge in [0.2, 0.25) is 0 Å². The van der Waals surface area contributed by atoms with Crippen LogP contribution in [0.3, 0.4) is 0 Å². The standard InChI is InChI=1S/C16H20N6O2S2/c1-4-9-5-6-10-7-19-21-13(10)12(9)20-15(23)22-26(17)11-8-18-14(25-11)16(2,3)24/h5-8,24H,4H2,1-3H3,(H,19,21)(H3,17,20,22,23). The van der Waals surface area contributed by atoms with Gasteiger partial charge < -0.3 is 10.4 Å². The molecule has 2 aromatic heterocycles. The van der Waals surface area contributed by atoms with E-state index in [-0.39, 0.29) is 0 Å². The molecule has 8 nitrogen and oxygen atoms in total. The van der Waals surface area contributed by atoms with Gasteiger partial charge in [0.15, 0.2) is 0 Å². The summed E-state index contributed by atoms with van der Waals surface area (Å²) in [6.07, 6.45) is 4.00. The number of nitrogens with zero attached hydrogens (tertiary/aromatic N) is 3. The molecule has 1 unspecified atom stereocenters. The fourth-order valence-corrected chi connectivity index (χ4v) is 4.21. The van der Waals surface area contributed by atoms with Gasteiger partial charge in [-0.1, -0.05) is 19.1 Å². The minimum atomic E-state index is -1.15. The minimum absolute atomic E-state index is 0.529. The van der Waals surface area contributed by atoms with Crippen molar-refractivity contribution in [3.63, 3.8) is 0 Å². The van der Waals surface area contributed by atoms with Crippen molar-refractivity contribution in [3.05, 3.63) is 35.1 Å². The average Bonchev–Trinajstić information content (AvgIpc) is 3.24. The third-order valence-corrected chi connectivity index (χ3v) is 6.46. The van der Waals surface area contributed by atoms with Gasteiger partial charge in [-0.2, -0.15) is 9.46 Å². The number of hydrogen-bond donors (Lipinski definition) is 4. The van der Waals surface area contributed by atoms with Crippen LogP contribution in [0.25, 0.3) is 10.9 Å². The molecule has 5 N–H and O–H groups in total. The molecule has 0 aliphatic carbocycles. The summed E-state index contributed by atoms with van der Waals surface area (Å²) in [5, 5.41) is 27.2. The van der Waals surface area contributed by atoms with Crippen LogP contribution in [-0.4, -0.2) is 26.3 Å². The Hall–Kier alpha value is -2.14. The van der Waals surface area contributed by atoms with E-state index < -0.39 is 22.5 Å². The van der Waals surface area contributed by atoms with Crippen LogP contribution in [0.5, 0.6) is 0 Å². The third kappa shape index (κ3) is 3.83. The highest BCUT2D eigenvalue weighted by molar-refractivity contribution is 7.87. The molecule has 0 saturated carbocycles. The number of rotatable bonds is 4. The van der Waals surface area contributed by atoms with Crippen LogP contribution in [0.1, 0.15) is 31.3 Å². The van der Waals surface area contributed by atoms with E-state index in [4.69, 9.17) is 5.14 Å². The van der Waals surface area contributed by atoms with Crippen molar-refractivity contribution in [1.29, 1.82) is 0 Å². The van der Waals surface area contributed by atoms with Gasteiger partial charge in [0.1, 0.15) is 14.8 Å². The van der Waals surface area contributed by atoms with E-state index in [0.29, 0.717) is 14.9 Å². The summed E-state index contributed by atoms with van der Waals surface area (Å²) in [4.78, 5) is 16.5. The number of fused-ring (bicyclic) bond motifs is 1. The van der Waals surface area contributed by atoms with E-state index in [2.05, 4.69) is 24.9 Å². The Bertz CT molecular complexity index is 986. The molecular weight excluding hydrogens is 372 g/mol. The Balaban J connectivity index is 1.85. The van der Waals surface area contributed by atoms with E-state index in [0.717, 1.165) is 22.9 Å². The lowest BCUT2D eigenvalue weighted by Crippen LogP contribution is -2.14. The summed E-state index contributed by atoms with van der Waals surface area (Å²) in [5.41, 5.74) is 1.34. The lowest BCUT2D eigenvalue weighted by molar-refractivity contribution is 0.0783. The molecule has 1 aromatic carbocycles. The first kappa shape index (κ1) is 18.6. The second kappa shape index (κ2) is 7.23. The molecule has 0 aliphatic rings. The molecule has 3 aromatic rings. The van der Waals surface area contributed by atoms with Crippen LogP contribution in [0.15, 0.2) is 33.1 Å². The summed E-state index contributed by atoms with van der Waals surface area (Å²) in [7, 11) is -1.15. The first-order valence-corrected chi connectivity index (χ1v) is 10.0. The van der Waals surface area contributed by atoms with Crippen molar-refractivity contribution in [2.24, 2.45) is 9.50 Å². The van der Waals surface area contributed by atoms with Gasteiger partial charge in [-0.05, 0) is 25.8 Å². The number of thiazole rings is 1. The predicted molar refractivity (Wildman–Crippen MR) is 104 cm³/mol. The maximum atomic E-state index is 12.4. The molecule has 26 heavy (non-hydrogen) atoms. The van der Waals surface area contributed by atoms with Crippen LogP contribution >= 0.6 is 11.3 Å². The zero-order chi connectivity index (χ0) is 18.9. The second-order valence-corrected chi connectivity index (χ2v) is 8.71. The number of nitrogens with one attached hydrogen (secondary N) is 2. The molecule has 0 fully saturated rings. The maximum absolute atomic E-state index is 12.4. The number of H-pyrrole nitrogens is 1. The molecule has 0 radical (unpaired) electrons. The highest BCUT2D eigenvalue weighted by atomic mass is 32.2. The molecule has 0 aliphatic heterocycles. The summed E-state index contributed by atoms with van der Waals surface area (Å²) >= 11 is 1.24. The monoisotopic (exact) mass is 392 g/mol. The van der Waals surface area contributed by atoms with Gasteiger partial charge in [-0.25, -0.2) is 9.78 Å². The number of nitrogens with two attached hydrogens (primary N) is 1. The lowest BCUT2D eigenvalue weighted by atomic mass is 10.1. The highest BCUT2D eigenvalue weighted by Gasteiger charge is 2.21. The molecular formula is C16H20N6O2S2. The van der Waals surface area contributed by atoms with Crippen LogP contribution in [-0.2, 0) is 22.9 Å². The fourth-order valence-electron chi connectivity index (χ4n) is 2.40. The molecule has 10 heteroatoms. The summed E-state index contributed by atoms with van der Waals surface area (Å²) in [6, 6.07) is 3.37. The third-order valence-electron chi connectivity index (χ3n) is 3.71. The molecule has 2 amide bonds. The Morgan fingerprint density at radius 2 is 2.23 bits per heavy atom. The normalized spacial score (nSPS) is 13.3. The van der Waals surface area contributed by atoms with Crippen LogP contribution in [0.2, 0.25) is 0 Å². The number of anilines is 1. The van der Waals surface area contributed by atoms with Gasteiger partial charge in [-0.3, -0.25) is 10.2 Å². The van der Waals surface area contributed by atoms with Crippen LogP contribution in [0, 0.1) is 0 Å². The molecule has 1 atom stereocenters. The Labute approximate surface area is 157 Å². The second-order valence-electron chi connectivity index (χ2n) is 6.17. The highest BCUT2D eigenvalue weighted by Crippen LogP contribution is 2.28. The molecule has 0 bridgehead atoms. The zero-order valence-electron chi connectivity index (χ0n) is 14.6. The van der Waals surface area contributed by atoms with Crippen molar-refractivity contribution in [2.75, 3.05) is 5.32 Å². The topological polar surface area (TPSA) is 129 Å². The Morgan fingerprint density at radius 1 is 1.46 bits per heavy atom. The van der Waals surface area contributed by atoms with Gasteiger partial charge in [-0.15, -0.1) is 11.3 Å². The summed E-state index contributed by atoms with van der Waals surface area (Å²) < 4.78 is 4.65. The SMILES string of the molecule is CCc1ccc2cn[nH]c2c1NC(=O)/N=S(/N)c1cnc(C(C)(C)O)s1. The molecule has 3 rings (SSSR count). The number of aryl methyl sites for hydroxylation is 1. The van der Waals surface area contributed by atoms with Crippen molar-refractivity contribution in [2.45, 2.75) is 37.0 Å². The zero-order valence-corrected chi connectivity index (χ0v) is 16.2. The molecule has 138 valence electrons. The number of carbonyl (C=O) groups is 1. The molecule has 0 saturated heterocycles. The van der Waals surface area contributed by atoms with E-state index in [9.17, 15) is 9.90 Å². The minimum Gasteiger partial charge on any atom is -0.383 e. The Morgan fingerprint density at radius 3 is 2.88 bits per heavy atom. The number of carbonyl (C=O) groups excluding carboxylic acids is 1. The van der Waals surface area contributed by atoms with E-state index in [1.165, 1.54) is 11.3 Å². The number of urea groups is 1. The quantitative estimate of drug-likeness (QED) is 0.542. The van der Waals surface area contributed by atoms with Crippen LogP contribution in [0.4, 0.5) is 10.5 Å². The van der Waals surface area contributed by atoms with Crippen molar-refractivity contribution in [1.82, 2.24) is 15.2 Å². The number of amides is 2. The van der Waals surface area contributed by atoms with Crippen molar-refractivity contribution >= 4 is 44.8 Å². The Kier molecular flexibility index (Phi) is 5.19. The van der Waals surface area contributed by atoms with E-state index in [1.807, 2.05) is 19.1 Å². The largest absolute Gasteiger partial charge is 0.383 e. The van der Waals surface area contributed by atoms with E-state index in [1.54, 1.807) is 26.2 Å². The van der Waals surface area contributed by atoms with Gasteiger partial charge in [0.05, 0.1) is 23.6 Å². The fraction of sp³-hybridized carbons (Fsp3) is 0.312. The smallest absolute Gasteiger partial charge is 0.352 e. The number of hydrogen-bond acceptors (Lipinski definition) is 5. The van der Waals surface area contributed by atoms with Crippen LogP contribution < -0.4 is 10.5 Å². The number of aromatic nitrogens is 3. The van der Waals surface area contributed by atoms with Crippen molar-refractivity contribution in [3.8, 4) is 0 Å².